The molecule has 1 N–H and O–H groups in total. The van der Waals surface area contributed by atoms with Gasteiger partial charge in [0.25, 0.3) is 5.56 Å². The van der Waals surface area contributed by atoms with Crippen LogP contribution in [-0.4, -0.2) is 15.5 Å². The third-order valence-electron chi connectivity index (χ3n) is 4.76. The zero-order chi connectivity index (χ0) is 20.4. The van der Waals surface area contributed by atoms with Crippen molar-refractivity contribution < 1.29 is 4.79 Å². The maximum absolute atomic E-state index is 13.0. The van der Waals surface area contributed by atoms with E-state index in [2.05, 4.69) is 10.3 Å². The Balaban J connectivity index is 1.50. The summed E-state index contributed by atoms with van der Waals surface area (Å²) in [5.74, 6) is -0.0767. The van der Waals surface area contributed by atoms with Crippen molar-refractivity contribution in [2.45, 2.75) is 33.4 Å². The highest BCUT2D eigenvalue weighted by Gasteiger charge is 2.14. The molecule has 0 atom stereocenters. The molecule has 0 aliphatic rings. The van der Waals surface area contributed by atoms with Crippen molar-refractivity contribution in [3.63, 3.8) is 0 Å². The van der Waals surface area contributed by atoms with Gasteiger partial charge < -0.3 is 5.32 Å². The maximum Gasteiger partial charge on any atom is 0.262 e. The zero-order valence-corrected chi connectivity index (χ0v) is 17.9. The first kappa shape index (κ1) is 19.5. The number of aryl methyl sites for hydroxylation is 3. The third-order valence-corrected chi connectivity index (χ3v) is 6.65. The molecule has 1 aromatic carbocycles. The summed E-state index contributed by atoms with van der Waals surface area (Å²) in [6, 6.07) is 12.2. The van der Waals surface area contributed by atoms with Crippen LogP contribution in [0.4, 0.5) is 0 Å². The summed E-state index contributed by atoms with van der Waals surface area (Å²) in [6.45, 7) is 4.90. The van der Waals surface area contributed by atoms with E-state index in [0.717, 1.165) is 20.8 Å². The molecule has 0 saturated heterocycles. The number of nitrogens with one attached hydrogen (secondary N) is 1. The lowest BCUT2D eigenvalue weighted by Crippen LogP contribution is -2.27. The molecule has 0 fully saturated rings. The molecule has 0 bridgehead atoms. The molecule has 0 saturated carbocycles. The number of amides is 1. The number of thiophene rings is 2. The van der Waals surface area contributed by atoms with Crippen LogP contribution in [-0.2, 0) is 17.9 Å². The van der Waals surface area contributed by atoms with Gasteiger partial charge in [0.1, 0.15) is 4.83 Å². The van der Waals surface area contributed by atoms with E-state index in [1.807, 2.05) is 55.6 Å². The molecule has 29 heavy (non-hydrogen) atoms. The molecule has 7 heteroatoms. The van der Waals surface area contributed by atoms with Crippen molar-refractivity contribution in [3.8, 4) is 11.1 Å². The van der Waals surface area contributed by atoms with E-state index >= 15 is 0 Å². The first-order valence-corrected chi connectivity index (χ1v) is 11.1. The van der Waals surface area contributed by atoms with Crippen LogP contribution in [0, 0.1) is 13.8 Å². The summed E-state index contributed by atoms with van der Waals surface area (Å²) >= 11 is 3.14. The zero-order valence-electron chi connectivity index (χ0n) is 16.3. The van der Waals surface area contributed by atoms with Gasteiger partial charge in [0, 0.05) is 33.7 Å². The van der Waals surface area contributed by atoms with Crippen LogP contribution in [0.15, 0.2) is 52.9 Å². The summed E-state index contributed by atoms with van der Waals surface area (Å²) in [5.41, 5.74) is 2.97. The second-order valence-electron chi connectivity index (χ2n) is 6.98. The molecular weight excluding hydrogens is 402 g/mol. The SMILES string of the molecule is Cc1ccc(-c2csc3ncn(CCC(=O)NCc4ccc(C)s4)c(=O)c23)cc1. The van der Waals surface area contributed by atoms with Crippen LogP contribution in [0.3, 0.4) is 0 Å². The van der Waals surface area contributed by atoms with Gasteiger partial charge in [-0.1, -0.05) is 29.8 Å². The molecule has 4 aromatic rings. The lowest BCUT2D eigenvalue weighted by molar-refractivity contribution is -0.121. The Morgan fingerprint density at radius 2 is 1.93 bits per heavy atom. The summed E-state index contributed by atoms with van der Waals surface area (Å²) in [4.78, 5) is 32.7. The number of carbonyl (C=O) groups excluding carboxylic acids is 1. The fourth-order valence-corrected chi connectivity index (χ4v) is 4.89. The first-order valence-electron chi connectivity index (χ1n) is 9.37. The fraction of sp³-hybridized carbons (Fsp3) is 0.227. The van der Waals surface area contributed by atoms with Crippen molar-refractivity contribution in [1.82, 2.24) is 14.9 Å². The second kappa shape index (κ2) is 8.31. The van der Waals surface area contributed by atoms with E-state index in [0.29, 0.717) is 18.5 Å². The number of carbonyl (C=O) groups is 1. The Morgan fingerprint density at radius 3 is 2.66 bits per heavy atom. The van der Waals surface area contributed by atoms with Crippen molar-refractivity contribution in [2.75, 3.05) is 0 Å². The Morgan fingerprint density at radius 1 is 1.14 bits per heavy atom. The average Bonchev–Trinajstić information content (AvgIpc) is 3.33. The number of hydrogen-bond acceptors (Lipinski definition) is 5. The van der Waals surface area contributed by atoms with Gasteiger partial charge in [-0.25, -0.2) is 4.98 Å². The summed E-state index contributed by atoms with van der Waals surface area (Å²) in [6.07, 6.45) is 1.78. The molecule has 3 aromatic heterocycles. The lowest BCUT2D eigenvalue weighted by Gasteiger charge is -2.07. The third kappa shape index (κ3) is 4.31. The number of nitrogens with zero attached hydrogens (tertiary/aromatic N) is 2. The van der Waals surface area contributed by atoms with Gasteiger partial charge in [-0.05, 0) is 31.5 Å². The van der Waals surface area contributed by atoms with Gasteiger partial charge in [0.2, 0.25) is 5.91 Å². The minimum Gasteiger partial charge on any atom is -0.351 e. The number of rotatable bonds is 6. The molecule has 1 amide bonds. The van der Waals surface area contributed by atoms with Gasteiger partial charge in [-0.3, -0.25) is 14.2 Å². The molecule has 0 spiro atoms. The van der Waals surface area contributed by atoms with E-state index in [4.69, 9.17) is 0 Å². The van der Waals surface area contributed by atoms with Gasteiger partial charge >= 0.3 is 0 Å². The highest BCUT2D eigenvalue weighted by molar-refractivity contribution is 7.17. The van der Waals surface area contributed by atoms with Crippen LogP contribution >= 0.6 is 22.7 Å². The summed E-state index contributed by atoms with van der Waals surface area (Å²) in [7, 11) is 0. The molecule has 0 radical (unpaired) electrons. The van der Waals surface area contributed by atoms with Crippen molar-refractivity contribution in [2.24, 2.45) is 0 Å². The quantitative estimate of drug-likeness (QED) is 0.496. The van der Waals surface area contributed by atoms with Crippen LogP contribution < -0.4 is 10.9 Å². The highest BCUT2D eigenvalue weighted by Crippen LogP contribution is 2.30. The minimum atomic E-state index is -0.103. The van der Waals surface area contributed by atoms with E-state index in [9.17, 15) is 9.59 Å². The second-order valence-corrected chi connectivity index (χ2v) is 9.21. The van der Waals surface area contributed by atoms with Crippen molar-refractivity contribution >= 4 is 38.8 Å². The summed E-state index contributed by atoms with van der Waals surface area (Å²) in [5, 5.41) is 5.51. The van der Waals surface area contributed by atoms with Gasteiger partial charge in [0.05, 0.1) is 18.3 Å². The van der Waals surface area contributed by atoms with Crippen LogP contribution in [0.5, 0.6) is 0 Å². The van der Waals surface area contributed by atoms with E-state index in [1.54, 1.807) is 11.3 Å². The standard InChI is InChI=1S/C22H21N3O2S2/c1-14-3-6-16(7-4-14)18-12-28-21-20(18)22(27)25(13-24-21)10-9-19(26)23-11-17-8-5-15(2)29-17/h3-8,12-13H,9-11H2,1-2H3,(H,23,26). The summed E-state index contributed by atoms with van der Waals surface area (Å²) < 4.78 is 1.53. The Kier molecular flexibility index (Phi) is 5.60. The number of benzene rings is 1. The maximum atomic E-state index is 13.0. The number of aromatic nitrogens is 2. The molecule has 0 aliphatic heterocycles. The van der Waals surface area contributed by atoms with Crippen molar-refractivity contribution in [3.05, 3.63) is 73.8 Å². The normalized spacial score (nSPS) is 11.1. The molecule has 0 unspecified atom stereocenters. The van der Waals surface area contributed by atoms with Crippen LogP contribution in [0.2, 0.25) is 0 Å². The Hall–Kier alpha value is -2.77. The van der Waals surface area contributed by atoms with E-state index in [1.165, 1.54) is 32.7 Å². The fourth-order valence-electron chi connectivity index (χ4n) is 3.15. The number of fused-ring (bicyclic) bond motifs is 1. The largest absolute Gasteiger partial charge is 0.351 e. The van der Waals surface area contributed by atoms with Gasteiger partial charge in [-0.2, -0.15) is 0 Å². The molecule has 3 heterocycles. The topological polar surface area (TPSA) is 64.0 Å². The lowest BCUT2D eigenvalue weighted by atomic mass is 10.1. The minimum absolute atomic E-state index is 0.0767. The average molecular weight is 424 g/mol. The van der Waals surface area contributed by atoms with Crippen LogP contribution in [0.1, 0.15) is 21.7 Å². The molecule has 148 valence electrons. The van der Waals surface area contributed by atoms with E-state index < -0.39 is 0 Å². The van der Waals surface area contributed by atoms with E-state index in [-0.39, 0.29) is 17.9 Å². The van der Waals surface area contributed by atoms with Gasteiger partial charge in [0.15, 0.2) is 0 Å². The molecule has 0 aliphatic carbocycles. The first-order chi connectivity index (χ1) is 14.0. The monoisotopic (exact) mass is 423 g/mol. The Bertz CT molecular complexity index is 1220. The predicted molar refractivity (Wildman–Crippen MR) is 120 cm³/mol. The van der Waals surface area contributed by atoms with Crippen molar-refractivity contribution in [1.29, 1.82) is 0 Å². The predicted octanol–water partition coefficient (Wildman–Crippen LogP) is 4.51. The molecule has 5 nitrogen and oxygen atoms in total. The highest BCUT2D eigenvalue weighted by atomic mass is 32.1. The van der Waals surface area contributed by atoms with Gasteiger partial charge in [-0.15, -0.1) is 22.7 Å². The molecule has 4 rings (SSSR count). The smallest absolute Gasteiger partial charge is 0.262 e. The Labute approximate surface area is 176 Å². The number of hydrogen-bond donors (Lipinski definition) is 1. The van der Waals surface area contributed by atoms with Crippen LogP contribution in [0.25, 0.3) is 21.3 Å². The molecular formula is C22H21N3O2S2.